The van der Waals surface area contributed by atoms with Gasteiger partial charge in [-0.25, -0.2) is 0 Å². The minimum absolute atomic E-state index is 0.154. The lowest BCUT2D eigenvalue weighted by Crippen LogP contribution is -2.12. The fraction of sp³-hybridized carbons (Fsp3) is 0.154. The van der Waals surface area contributed by atoms with Crippen molar-refractivity contribution in [2.75, 3.05) is 7.05 Å². The van der Waals surface area contributed by atoms with E-state index < -0.39 is 0 Å². The summed E-state index contributed by atoms with van der Waals surface area (Å²) in [6, 6.07) is 14.9. The summed E-state index contributed by atoms with van der Waals surface area (Å²) in [6.45, 7) is 4.07. The number of hydrogen-bond acceptors (Lipinski definition) is 1. The zero-order valence-corrected chi connectivity index (χ0v) is 8.33. The second-order valence-electron chi connectivity index (χ2n) is 3.41. The van der Waals surface area contributed by atoms with Gasteiger partial charge in [-0.3, -0.25) is 0 Å². The second kappa shape index (κ2) is 3.81. The normalized spacial score (nSPS) is 13.0. The molecule has 2 aromatic carbocycles. The van der Waals surface area contributed by atoms with Crippen LogP contribution in [0.2, 0.25) is 0 Å². The van der Waals surface area contributed by atoms with Crippen LogP contribution in [-0.2, 0) is 0 Å². The van der Waals surface area contributed by atoms with E-state index in [1.807, 2.05) is 7.05 Å². The molecule has 0 aromatic heterocycles. The molecule has 0 spiro atoms. The maximum absolute atomic E-state index is 4.07. The topological polar surface area (TPSA) is 12.0 Å². The van der Waals surface area contributed by atoms with Crippen LogP contribution in [0.15, 0.2) is 42.5 Å². The Labute approximate surface area is 84.8 Å². The van der Waals surface area contributed by atoms with Crippen molar-refractivity contribution in [2.45, 2.75) is 6.04 Å². The van der Waals surface area contributed by atoms with Gasteiger partial charge in [0.1, 0.15) is 0 Å². The Balaban J connectivity index is 2.65. The van der Waals surface area contributed by atoms with Gasteiger partial charge in [0.2, 0.25) is 0 Å². The van der Waals surface area contributed by atoms with Crippen molar-refractivity contribution in [1.29, 1.82) is 0 Å². The Bertz CT molecular complexity index is 429. The average molecular weight is 184 g/mol. The van der Waals surface area contributed by atoms with Gasteiger partial charge in [0, 0.05) is 6.04 Å². The molecule has 1 heteroatoms. The molecule has 0 saturated heterocycles. The van der Waals surface area contributed by atoms with E-state index in [0.717, 1.165) is 0 Å². The average Bonchev–Trinajstić information content (AvgIpc) is 2.27. The minimum Gasteiger partial charge on any atom is -0.313 e. The van der Waals surface area contributed by atoms with E-state index >= 15 is 0 Å². The SMILES string of the molecule is [CH2][C@@H](NC)c1cccc2ccccc12. The predicted octanol–water partition coefficient (Wildman–Crippen LogP) is 2.93. The Morgan fingerprint density at radius 1 is 1.07 bits per heavy atom. The van der Waals surface area contributed by atoms with Gasteiger partial charge in [-0.1, -0.05) is 42.5 Å². The molecule has 1 nitrogen and oxygen atoms in total. The van der Waals surface area contributed by atoms with E-state index in [1.54, 1.807) is 0 Å². The molecule has 0 aliphatic carbocycles. The number of fused-ring (bicyclic) bond motifs is 1. The Kier molecular flexibility index (Phi) is 2.51. The Morgan fingerprint density at radius 3 is 2.57 bits per heavy atom. The molecule has 71 valence electrons. The van der Waals surface area contributed by atoms with Crippen LogP contribution in [0.3, 0.4) is 0 Å². The first-order valence-corrected chi connectivity index (χ1v) is 4.81. The lowest BCUT2D eigenvalue weighted by molar-refractivity contribution is 0.716. The number of nitrogens with one attached hydrogen (secondary N) is 1. The first-order chi connectivity index (χ1) is 6.83. The quantitative estimate of drug-likeness (QED) is 0.756. The molecule has 0 aliphatic heterocycles. The van der Waals surface area contributed by atoms with Gasteiger partial charge in [-0.2, -0.15) is 0 Å². The van der Waals surface area contributed by atoms with Gasteiger partial charge < -0.3 is 5.32 Å². The molecule has 0 saturated carbocycles. The maximum atomic E-state index is 4.07. The molecule has 1 radical (unpaired) electrons. The summed E-state index contributed by atoms with van der Waals surface area (Å²) in [4.78, 5) is 0. The molecule has 1 atom stereocenters. The summed E-state index contributed by atoms with van der Waals surface area (Å²) < 4.78 is 0. The number of benzene rings is 2. The van der Waals surface area contributed by atoms with Gasteiger partial charge in [0.05, 0.1) is 0 Å². The standard InChI is InChI=1S/C13H14N/c1-10(14-2)12-9-5-7-11-6-3-4-8-13(11)12/h3-10,14H,1H2,2H3/t10-/m1/s1. The Hall–Kier alpha value is -1.34. The van der Waals surface area contributed by atoms with E-state index in [9.17, 15) is 0 Å². The second-order valence-corrected chi connectivity index (χ2v) is 3.41. The summed E-state index contributed by atoms with van der Waals surface area (Å²) >= 11 is 0. The van der Waals surface area contributed by atoms with E-state index in [2.05, 4.69) is 54.7 Å². The van der Waals surface area contributed by atoms with E-state index in [0.29, 0.717) is 0 Å². The summed E-state index contributed by atoms with van der Waals surface area (Å²) in [7, 11) is 1.93. The van der Waals surface area contributed by atoms with Gasteiger partial charge in [0.15, 0.2) is 0 Å². The third-order valence-corrected chi connectivity index (χ3v) is 2.55. The highest BCUT2D eigenvalue weighted by Crippen LogP contribution is 2.23. The highest BCUT2D eigenvalue weighted by atomic mass is 14.8. The highest BCUT2D eigenvalue weighted by Gasteiger charge is 2.05. The fourth-order valence-electron chi connectivity index (χ4n) is 1.71. The summed E-state index contributed by atoms with van der Waals surface area (Å²) in [5.74, 6) is 0. The molecule has 2 rings (SSSR count). The van der Waals surface area contributed by atoms with Crippen LogP contribution in [0.25, 0.3) is 10.8 Å². The lowest BCUT2D eigenvalue weighted by Gasteiger charge is -2.13. The predicted molar refractivity (Wildman–Crippen MR) is 61.1 cm³/mol. The van der Waals surface area contributed by atoms with Crippen LogP contribution < -0.4 is 5.32 Å². The zero-order valence-electron chi connectivity index (χ0n) is 8.33. The van der Waals surface area contributed by atoms with Crippen molar-refractivity contribution in [3.63, 3.8) is 0 Å². The number of rotatable bonds is 2. The van der Waals surface area contributed by atoms with Crippen LogP contribution >= 0.6 is 0 Å². The minimum atomic E-state index is 0.154. The fourth-order valence-corrected chi connectivity index (χ4v) is 1.71. The van der Waals surface area contributed by atoms with Gasteiger partial charge in [-0.15, -0.1) is 0 Å². The molecule has 0 aliphatic rings. The Morgan fingerprint density at radius 2 is 1.79 bits per heavy atom. The van der Waals surface area contributed by atoms with Gasteiger partial charge in [0.25, 0.3) is 0 Å². The molecule has 1 N–H and O–H groups in total. The highest BCUT2D eigenvalue weighted by molar-refractivity contribution is 5.86. The smallest absolute Gasteiger partial charge is 0.0324 e. The molecular formula is C13H14N. The van der Waals surface area contributed by atoms with Gasteiger partial charge in [-0.05, 0) is 30.3 Å². The van der Waals surface area contributed by atoms with E-state index in [1.165, 1.54) is 16.3 Å². The maximum Gasteiger partial charge on any atom is 0.0324 e. The molecule has 0 fully saturated rings. The van der Waals surface area contributed by atoms with Crippen LogP contribution in [0.1, 0.15) is 11.6 Å². The zero-order chi connectivity index (χ0) is 9.97. The van der Waals surface area contributed by atoms with Crippen molar-refractivity contribution in [1.82, 2.24) is 5.32 Å². The van der Waals surface area contributed by atoms with Crippen LogP contribution in [0, 0.1) is 6.92 Å². The van der Waals surface area contributed by atoms with E-state index in [4.69, 9.17) is 0 Å². The van der Waals surface area contributed by atoms with Crippen molar-refractivity contribution in [3.8, 4) is 0 Å². The van der Waals surface area contributed by atoms with Gasteiger partial charge >= 0.3 is 0 Å². The molecule has 0 amide bonds. The number of hydrogen-bond donors (Lipinski definition) is 1. The molecule has 0 bridgehead atoms. The van der Waals surface area contributed by atoms with Crippen molar-refractivity contribution in [2.24, 2.45) is 0 Å². The molecule has 0 heterocycles. The lowest BCUT2D eigenvalue weighted by atomic mass is 10.00. The molecule has 0 unspecified atom stereocenters. The first-order valence-electron chi connectivity index (χ1n) is 4.81. The van der Waals surface area contributed by atoms with Crippen LogP contribution in [-0.4, -0.2) is 7.05 Å². The summed E-state index contributed by atoms with van der Waals surface area (Å²) in [5.41, 5.74) is 1.26. The third kappa shape index (κ3) is 1.51. The van der Waals surface area contributed by atoms with Crippen molar-refractivity contribution in [3.05, 3.63) is 55.0 Å². The van der Waals surface area contributed by atoms with Crippen molar-refractivity contribution >= 4 is 10.8 Å². The van der Waals surface area contributed by atoms with Crippen LogP contribution in [0.5, 0.6) is 0 Å². The molecular weight excluding hydrogens is 170 g/mol. The largest absolute Gasteiger partial charge is 0.313 e. The molecule has 14 heavy (non-hydrogen) atoms. The summed E-state index contributed by atoms with van der Waals surface area (Å²) in [5, 5.41) is 5.72. The monoisotopic (exact) mass is 184 g/mol. The van der Waals surface area contributed by atoms with Crippen LogP contribution in [0.4, 0.5) is 0 Å². The molecule has 2 aromatic rings. The van der Waals surface area contributed by atoms with Crippen molar-refractivity contribution < 1.29 is 0 Å². The third-order valence-electron chi connectivity index (χ3n) is 2.55. The summed E-state index contributed by atoms with van der Waals surface area (Å²) in [6.07, 6.45) is 0. The van der Waals surface area contributed by atoms with E-state index in [-0.39, 0.29) is 6.04 Å². The first kappa shape index (κ1) is 9.22.